The van der Waals surface area contributed by atoms with Crippen LogP contribution < -0.4 is 11.3 Å². The summed E-state index contributed by atoms with van der Waals surface area (Å²) in [5.74, 6) is 5.45. The van der Waals surface area contributed by atoms with Gasteiger partial charge in [-0.2, -0.15) is 0 Å². The van der Waals surface area contributed by atoms with Gasteiger partial charge in [-0.15, -0.1) is 11.3 Å². The van der Waals surface area contributed by atoms with E-state index in [9.17, 15) is 0 Å². The summed E-state index contributed by atoms with van der Waals surface area (Å²) in [6, 6.07) is 6.09. The van der Waals surface area contributed by atoms with Gasteiger partial charge in [-0.05, 0) is 24.6 Å². The molecule has 0 aliphatic rings. The molecular formula is C10H11N3S. The van der Waals surface area contributed by atoms with Crippen LogP contribution >= 0.6 is 11.3 Å². The first-order valence-corrected chi connectivity index (χ1v) is 5.16. The van der Waals surface area contributed by atoms with E-state index in [2.05, 4.69) is 16.5 Å². The highest BCUT2D eigenvalue weighted by Crippen LogP contribution is 2.29. The minimum atomic E-state index is 0.917. The molecule has 0 fully saturated rings. The van der Waals surface area contributed by atoms with E-state index in [0.29, 0.717) is 0 Å². The van der Waals surface area contributed by atoms with Crippen molar-refractivity contribution in [2.75, 3.05) is 5.43 Å². The van der Waals surface area contributed by atoms with Gasteiger partial charge in [0, 0.05) is 17.1 Å². The quantitative estimate of drug-likeness (QED) is 0.584. The molecule has 0 saturated carbocycles. The standard InChI is InChI=1S/C10H11N3S/c1-7-2-3-8(9(6-7)13-11)10-12-4-5-14-10/h2-6,13H,11H2,1H3. The fraction of sp³-hybridized carbons (Fsp3) is 0.100. The molecule has 3 nitrogen and oxygen atoms in total. The largest absolute Gasteiger partial charge is 0.323 e. The van der Waals surface area contributed by atoms with E-state index >= 15 is 0 Å². The summed E-state index contributed by atoms with van der Waals surface area (Å²) >= 11 is 1.60. The van der Waals surface area contributed by atoms with Crippen molar-refractivity contribution in [2.24, 2.45) is 5.84 Å². The Bertz CT molecular complexity index is 423. The van der Waals surface area contributed by atoms with E-state index in [1.165, 1.54) is 5.56 Å². The smallest absolute Gasteiger partial charge is 0.125 e. The SMILES string of the molecule is Cc1ccc(-c2nccs2)c(NN)c1. The van der Waals surface area contributed by atoms with E-state index in [4.69, 9.17) is 5.84 Å². The van der Waals surface area contributed by atoms with E-state index < -0.39 is 0 Å². The number of hydrogen-bond donors (Lipinski definition) is 2. The predicted octanol–water partition coefficient (Wildman–Crippen LogP) is 2.40. The first-order chi connectivity index (χ1) is 6.81. The van der Waals surface area contributed by atoms with Crippen molar-refractivity contribution in [2.45, 2.75) is 6.92 Å². The average Bonchev–Trinajstić information content (AvgIpc) is 2.70. The van der Waals surface area contributed by atoms with Crippen molar-refractivity contribution in [1.29, 1.82) is 0 Å². The van der Waals surface area contributed by atoms with Crippen molar-refractivity contribution in [1.82, 2.24) is 4.98 Å². The molecule has 2 rings (SSSR count). The lowest BCUT2D eigenvalue weighted by atomic mass is 10.1. The van der Waals surface area contributed by atoms with E-state index in [0.717, 1.165) is 16.3 Å². The number of nitrogens with two attached hydrogens (primary N) is 1. The third-order valence-electron chi connectivity index (χ3n) is 1.99. The fourth-order valence-corrected chi connectivity index (χ4v) is 2.00. The zero-order valence-corrected chi connectivity index (χ0v) is 8.64. The molecule has 1 aromatic carbocycles. The number of nitrogens with one attached hydrogen (secondary N) is 1. The maximum atomic E-state index is 5.45. The van der Waals surface area contributed by atoms with E-state index in [1.807, 2.05) is 24.4 Å². The van der Waals surface area contributed by atoms with Crippen LogP contribution in [0.4, 0.5) is 5.69 Å². The van der Waals surface area contributed by atoms with Crippen molar-refractivity contribution >= 4 is 17.0 Å². The van der Waals surface area contributed by atoms with Crippen LogP contribution in [-0.2, 0) is 0 Å². The number of nitrogens with zero attached hydrogens (tertiary/aromatic N) is 1. The Morgan fingerprint density at radius 2 is 2.29 bits per heavy atom. The summed E-state index contributed by atoms with van der Waals surface area (Å²) < 4.78 is 0. The molecule has 3 N–H and O–H groups in total. The molecule has 0 unspecified atom stereocenters. The van der Waals surface area contributed by atoms with Crippen LogP contribution in [0.3, 0.4) is 0 Å². The monoisotopic (exact) mass is 205 g/mol. The fourth-order valence-electron chi connectivity index (χ4n) is 1.32. The van der Waals surface area contributed by atoms with Crippen molar-refractivity contribution in [3.63, 3.8) is 0 Å². The molecule has 0 amide bonds. The van der Waals surface area contributed by atoms with Crippen LogP contribution in [0.5, 0.6) is 0 Å². The van der Waals surface area contributed by atoms with E-state index in [1.54, 1.807) is 17.5 Å². The summed E-state index contributed by atoms with van der Waals surface area (Å²) in [5, 5.41) is 2.94. The van der Waals surface area contributed by atoms with Crippen LogP contribution in [0.15, 0.2) is 29.8 Å². The lowest BCUT2D eigenvalue weighted by molar-refractivity contribution is 1.32. The first-order valence-electron chi connectivity index (χ1n) is 4.28. The number of hydrazine groups is 1. The number of rotatable bonds is 2. The van der Waals surface area contributed by atoms with Gasteiger partial charge in [-0.3, -0.25) is 5.84 Å². The molecule has 1 heterocycles. The number of hydrogen-bond acceptors (Lipinski definition) is 4. The molecule has 0 spiro atoms. The van der Waals surface area contributed by atoms with Crippen LogP contribution in [0.2, 0.25) is 0 Å². The van der Waals surface area contributed by atoms with Crippen molar-refractivity contribution in [3.8, 4) is 10.6 Å². The second-order valence-electron chi connectivity index (χ2n) is 3.03. The lowest BCUT2D eigenvalue weighted by Gasteiger charge is -2.06. The third kappa shape index (κ3) is 1.62. The second kappa shape index (κ2) is 3.77. The number of thiazole rings is 1. The van der Waals surface area contributed by atoms with Gasteiger partial charge in [-0.1, -0.05) is 6.07 Å². The molecule has 0 saturated heterocycles. The zero-order chi connectivity index (χ0) is 9.97. The Morgan fingerprint density at radius 3 is 2.93 bits per heavy atom. The molecule has 4 heteroatoms. The summed E-state index contributed by atoms with van der Waals surface area (Å²) in [5.41, 5.74) is 5.84. The minimum absolute atomic E-state index is 0.917. The maximum absolute atomic E-state index is 5.45. The van der Waals surface area contributed by atoms with Gasteiger partial charge in [0.1, 0.15) is 5.01 Å². The van der Waals surface area contributed by atoms with Crippen molar-refractivity contribution < 1.29 is 0 Å². The molecule has 0 atom stereocenters. The molecule has 0 aliphatic heterocycles. The van der Waals surface area contributed by atoms with Gasteiger partial charge in [0.2, 0.25) is 0 Å². The number of benzene rings is 1. The van der Waals surface area contributed by atoms with Crippen molar-refractivity contribution in [3.05, 3.63) is 35.3 Å². The van der Waals surface area contributed by atoms with Gasteiger partial charge < -0.3 is 5.43 Å². The highest BCUT2D eigenvalue weighted by Gasteiger charge is 2.05. The molecule has 0 aliphatic carbocycles. The number of nitrogen functional groups attached to an aromatic ring is 1. The minimum Gasteiger partial charge on any atom is -0.323 e. The molecular weight excluding hydrogens is 194 g/mol. The Hall–Kier alpha value is -1.39. The van der Waals surface area contributed by atoms with Gasteiger partial charge in [0.05, 0.1) is 5.69 Å². The van der Waals surface area contributed by atoms with Crippen LogP contribution in [0, 0.1) is 6.92 Å². The highest BCUT2D eigenvalue weighted by molar-refractivity contribution is 7.13. The number of aryl methyl sites for hydroxylation is 1. The average molecular weight is 205 g/mol. The second-order valence-corrected chi connectivity index (χ2v) is 3.93. The molecule has 0 bridgehead atoms. The van der Waals surface area contributed by atoms with Gasteiger partial charge >= 0.3 is 0 Å². The van der Waals surface area contributed by atoms with E-state index in [-0.39, 0.29) is 0 Å². The van der Waals surface area contributed by atoms with Gasteiger partial charge in [0.25, 0.3) is 0 Å². The van der Waals surface area contributed by atoms with Gasteiger partial charge in [0.15, 0.2) is 0 Å². The predicted molar refractivity (Wildman–Crippen MR) is 60.1 cm³/mol. The topological polar surface area (TPSA) is 50.9 Å². The molecule has 1 aromatic heterocycles. The number of anilines is 1. The number of aromatic nitrogens is 1. The summed E-state index contributed by atoms with van der Waals surface area (Å²) in [6.45, 7) is 2.03. The van der Waals surface area contributed by atoms with Crippen LogP contribution in [0.1, 0.15) is 5.56 Å². The maximum Gasteiger partial charge on any atom is 0.125 e. The van der Waals surface area contributed by atoms with Gasteiger partial charge in [-0.25, -0.2) is 4.98 Å². The van der Waals surface area contributed by atoms with Crippen LogP contribution in [-0.4, -0.2) is 4.98 Å². The third-order valence-corrected chi connectivity index (χ3v) is 2.80. The zero-order valence-electron chi connectivity index (χ0n) is 7.82. The molecule has 0 radical (unpaired) electrons. The Balaban J connectivity index is 2.53. The Morgan fingerprint density at radius 1 is 1.43 bits per heavy atom. The normalized spacial score (nSPS) is 10.1. The molecule has 14 heavy (non-hydrogen) atoms. The first kappa shape index (κ1) is 9.18. The molecule has 2 aromatic rings. The summed E-state index contributed by atoms with van der Waals surface area (Å²) in [6.07, 6.45) is 1.79. The highest BCUT2D eigenvalue weighted by atomic mass is 32.1. The summed E-state index contributed by atoms with van der Waals surface area (Å²) in [7, 11) is 0. The van der Waals surface area contributed by atoms with Crippen LogP contribution in [0.25, 0.3) is 10.6 Å². The molecule has 72 valence electrons. The lowest BCUT2D eigenvalue weighted by Crippen LogP contribution is -2.08. The summed E-state index contributed by atoms with van der Waals surface area (Å²) in [4.78, 5) is 4.25. The Kier molecular flexibility index (Phi) is 2.47. The Labute approximate surface area is 86.6 Å².